The monoisotopic (exact) mass is 225 g/mol. The van der Waals surface area contributed by atoms with Gasteiger partial charge in [-0.25, -0.2) is 0 Å². The molecule has 0 radical (unpaired) electrons. The predicted molar refractivity (Wildman–Crippen MR) is 64.4 cm³/mol. The molecular weight excluding hydrogens is 214 g/mol. The van der Waals surface area contributed by atoms with Crippen LogP contribution in [0.1, 0.15) is 17.4 Å². The van der Waals surface area contributed by atoms with E-state index in [1.807, 2.05) is 42.5 Å². The molecule has 4 nitrogen and oxygen atoms in total. The van der Waals surface area contributed by atoms with E-state index in [4.69, 9.17) is 0 Å². The summed E-state index contributed by atoms with van der Waals surface area (Å²) in [5.74, 6) is 0. The van der Waals surface area contributed by atoms with E-state index in [1.165, 1.54) is 6.20 Å². The molecule has 0 aliphatic rings. The van der Waals surface area contributed by atoms with E-state index >= 15 is 0 Å². The third-order valence-corrected chi connectivity index (χ3v) is 2.80. The fourth-order valence-corrected chi connectivity index (χ4v) is 1.89. The SMILES string of the molecule is OC(c1ccc2ccccc2c1)c1cn[nH]n1. The van der Waals surface area contributed by atoms with Crippen molar-refractivity contribution in [3.05, 3.63) is 59.9 Å². The number of fused-ring (bicyclic) bond motifs is 1. The molecule has 0 aliphatic carbocycles. The van der Waals surface area contributed by atoms with Crippen LogP contribution in [-0.4, -0.2) is 20.5 Å². The van der Waals surface area contributed by atoms with Crippen molar-refractivity contribution in [1.82, 2.24) is 15.4 Å². The van der Waals surface area contributed by atoms with Crippen LogP contribution in [0.3, 0.4) is 0 Å². The number of benzene rings is 2. The highest BCUT2D eigenvalue weighted by Gasteiger charge is 2.13. The molecule has 0 amide bonds. The zero-order valence-electron chi connectivity index (χ0n) is 9.04. The van der Waals surface area contributed by atoms with E-state index in [-0.39, 0.29) is 0 Å². The van der Waals surface area contributed by atoms with Gasteiger partial charge < -0.3 is 5.11 Å². The van der Waals surface area contributed by atoms with Crippen molar-refractivity contribution < 1.29 is 5.11 Å². The lowest BCUT2D eigenvalue weighted by molar-refractivity contribution is 0.215. The van der Waals surface area contributed by atoms with Crippen LogP contribution in [0.2, 0.25) is 0 Å². The molecule has 17 heavy (non-hydrogen) atoms. The van der Waals surface area contributed by atoms with Crippen LogP contribution in [0.25, 0.3) is 10.8 Å². The molecule has 1 aromatic heterocycles. The van der Waals surface area contributed by atoms with Gasteiger partial charge in [-0.15, -0.1) is 0 Å². The van der Waals surface area contributed by atoms with Crippen LogP contribution in [0.15, 0.2) is 48.7 Å². The smallest absolute Gasteiger partial charge is 0.124 e. The first-order valence-electron chi connectivity index (χ1n) is 5.37. The highest BCUT2D eigenvalue weighted by molar-refractivity contribution is 5.83. The number of aromatic amines is 1. The maximum atomic E-state index is 10.1. The number of aliphatic hydroxyl groups excluding tert-OH is 1. The van der Waals surface area contributed by atoms with Crippen molar-refractivity contribution in [2.75, 3.05) is 0 Å². The van der Waals surface area contributed by atoms with E-state index in [9.17, 15) is 5.11 Å². The third kappa shape index (κ3) is 1.79. The average molecular weight is 225 g/mol. The molecule has 0 aliphatic heterocycles. The van der Waals surface area contributed by atoms with Crippen LogP contribution in [-0.2, 0) is 0 Å². The first-order chi connectivity index (χ1) is 8.34. The molecule has 1 unspecified atom stereocenters. The summed E-state index contributed by atoms with van der Waals surface area (Å²) in [5.41, 5.74) is 1.35. The highest BCUT2D eigenvalue weighted by Crippen LogP contribution is 2.23. The minimum absolute atomic E-state index is 0.528. The number of aliphatic hydroxyl groups is 1. The molecule has 2 N–H and O–H groups in total. The Morgan fingerprint density at radius 2 is 1.88 bits per heavy atom. The topological polar surface area (TPSA) is 61.8 Å². The molecule has 0 spiro atoms. The maximum absolute atomic E-state index is 10.1. The lowest BCUT2D eigenvalue weighted by Crippen LogP contribution is -1.99. The van der Waals surface area contributed by atoms with E-state index in [0.717, 1.165) is 16.3 Å². The molecule has 0 fully saturated rings. The molecule has 2 aromatic carbocycles. The number of rotatable bonds is 2. The Kier molecular flexibility index (Phi) is 2.34. The molecule has 1 heterocycles. The minimum atomic E-state index is -0.738. The predicted octanol–water partition coefficient (Wildman–Crippen LogP) is 2.04. The second kappa shape index (κ2) is 3.99. The number of H-pyrrole nitrogens is 1. The quantitative estimate of drug-likeness (QED) is 0.701. The summed E-state index contributed by atoms with van der Waals surface area (Å²) >= 11 is 0. The summed E-state index contributed by atoms with van der Waals surface area (Å²) in [6.45, 7) is 0. The van der Waals surface area contributed by atoms with E-state index < -0.39 is 6.10 Å². The van der Waals surface area contributed by atoms with Crippen LogP contribution >= 0.6 is 0 Å². The van der Waals surface area contributed by atoms with Gasteiger partial charge in [0.1, 0.15) is 11.8 Å². The van der Waals surface area contributed by atoms with Crippen LogP contribution < -0.4 is 0 Å². The van der Waals surface area contributed by atoms with Gasteiger partial charge in [0.2, 0.25) is 0 Å². The summed E-state index contributed by atoms with van der Waals surface area (Å²) in [6.07, 6.45) is 0.790. The lowest BCUT2D eigenvalue weighted by atomic mass is 10.0. The molecule has 4 heteroatoms. The average Bonchev–Trinajstić information content (AvgIpc) is 2.91. The molecule has 0 saturated carbocycles. The van der Waals surface area contributed by atoms with Crippen LogP contribution in [0.4, 0.5) is 0 Å². The van der Waals surface area contributed by atoms with Gasteiger partial charge in [-0.1, -0.05) is 36.4 Å². The normalized spacial score (nSPS) is 12.8. The van der Waals surface area contributed by atoms with E-state index in [2.05, 4.69) is 15.4 Å². The Morgan fingerprint density at radius 3 is 2.65 bits per heavy atom. The molecular formula is C13H11N3O. The first kappa shape index (κ1) is 9.99. The highest BCUT2D eigenvalue weighted by atomic mass is 16.3. The third-order valence-electron chi connectivity index (χ3n) is 2.80. The van der Waals surface area contributed by atoms with Crippen LogP contribution in [0, 0.1) is 0 Å². The first-order valence-corrected chi connectivity index (χ1v) is 5.37. The summed E-state index contributed by atoms with van der Waals surface area (Å²) in [7, 11) is 0. The van der Waals surface area contributed by atoms with Crippen molar-refractivity contribution in [3.63, 3.8) is 0 Å². The molecule has 84 valence electrons. The molecule has 0 bridgehead atoms. The fraction of sp³-hybridized carbons (Fsp3) is 0.0769. The molecule has 3 rings (SSSR count). The molecule has 1 atom stereocenters. The largest absolute Gasteiger partial charge is 0.382 e. The Hall–Kier alpha value is -2.20. The maximum Gasteiger partial charge on any atom is 0.124 e. The fourth-order valence-electron chi connectivity index (χ4n) is 1.89. The zero-order chi connectivity index (χ0) is 11.7. The Morgan fingerprint density at radius 1 is 1.06 bits per heavy atom. The van der Waals surface area contributed by atoms with Gasteiger partial charge in [0, 0.05) is 0 Å². The second-order valence-corrected chi connectivity index (χ2v) is 3.90. The summed E-state index contributed by atoms with van der Waals surface area (Å²) in [6, 6.07) is 13.9. The van der Waals surface area contributed by atoms with Gasteiger partial charge in [-0.2, -0.15) is 15.4 Å². The molecule has 3 aromatic rings. The summed E-state index contributed by atoms with van der Waals surface area (Å²) in [5, 5.41) is 22.5. The van der Waals surface area contributed by atoms with E-state index in [0.29, 0.717) is 5.69 Å². The number of aromatic nitrogens is 3. The standard InChI is InChI=1S/C13H11N3O/c17-13(12-8-14-16-15-12)11-6-5-9-3-1-2-4-10(9)7-11/h1-8,13,17H,(H,14,15,16). The number of hydrogen-bond acceptors (Lipinski definition) is 3. The van der Waals surface area contributed by atoms with Gasteiger partial charge >= 0.3 is 0 Å². The Bertz CT molecular complexity index is 634. The number of nitrogens with one attached hydrogen (secondary N) is 1. The van der Waals surface area contributed by atoms with Gasteiger partial charge in [0.15, 0.2) is 0 Å². The van der Waals surface area contributed by atoms with Gasteiger partial charge in [-0.05, 0) is 22.4 Å². The number of nitrogens with zero attached hydrogens (tertiary/aromatic N) is 2. The van der Waals surface area contributed by atoms with Crippen molar-refractivity contribution >= 4 is 10.8 Å². The van der Waals surface area contributed by atoms with Gasteiger partial charge in [0.25, 0.3) is 0 Å². The van der Waals surface area contributed by atoms with Crippen molar-refractivity contribution in [1.29, 1.82) is 0 Å². The Labute approximate surface area is 97.9 Å². The summed E-state index contributed by atoms with van der Waals surface area (Å²) in [4.78, 5) is 0. The van der Waals surface area contributed by atoms with Crippen molar-refractivity contribution in [3.8, 4) is 0 Å². The number of hydrogen-bond donors (Lipinski definition) is 2. The molecule has 0 saturated heterocycles. The van der Waals surface area contributed by atoms with E-state index in [1.54, 1.807) is 0 Å². The lowest BCUT2D eigenvalue weighted by Gasteiger charge is -2.08. The zero-order valence-corrected chi connectivity index (χ0v) is 9.04. The summed E-state index contributed by atoms with van der Waals surface area (Å²) < 4.78 is 0. The Balaban J connectivity index is 2.06. The van der Waals surface area contributed by atoms with Crippen molar-refractivity contribution in [2.24, 2.45) is 0 Å². The second-order valence-electron chi connectivity index (χ2n) is 3.90. The van der Waals surface area contributed by atoms with Gasteiger partial charge in [0.05, 0.1) is 6.20 Å². The van der Waals surface area contributed by atoms with Crippen LogP contribution in [0.5, 0.6) is 0 Å². The van der Waals surface area contributed by atoms with Gasteiger partial charge in [-0.3, -0.25) is 0 Å². The minimum Gasteiger partial charge on any atom is -0.382 e. The van der Waals surface area contributed by atoms with Crippen molar-refractivity contribution in [2.45, 2.75) is 6.10 Å².